The Hall–Kier alpha value is -0.860. The molecular weight excluding hydrogens is 258 g/mol. The Bertz CT molecular complexity index is 403. The number of hydrogen-bond donors (Lipinski definition) is 1. The van der Waals surface area contributed by atoms with Crippen LogP contribution in [0.5, 0.6) is 0 Å². The first-order chi connectivity index (χ1) is 10.1. The molecule has 0 aliphatic heterocycles. The Balaban J connectivity index is 2.62. The minimum Gasteiger partial charge on any atom is -0.379 e. The number of nitrogens with one attached hydrogen (secondary N) is 1. The molecule has 21 heavy (non-hydrogen) atoms. The fraction of sp³-hybridized carbons (Fsp3) is 0.684. The van der Waals surface area contributed by atoms with Gasteiger partial charge in [0.15, 0.2) is 0 Å². The first-order valence-electron chi connectivity index (χ1n) is 8.46. The molecule has 0 heterocycles. The predicted octanol–water partition coefficient (Wildman–Crippen LogP) is 4.80. The van der Waals surface area contributed by atoms with Crippen LogP contribution < -0.4 is 5.32 Å². The second-order valence-electron chi connectivity index (χ2n) is 6.30. The van der Waals surface area contributed by atoms with Gasteiger partial charge in [-0.05, 0) is 50.3 Å². The molecule has 0 bridgehead atoms. The van der Waals surface area contributed by atoms with Gasteiger partial charge in [-0.3, -0.25) is 0 Å². The highest BCUT2D eigenvalue weighted by molar-refractivity contribution is 5.32. The summed E-state index contributed by atoms with van der Waals surface area (Å²) in [4.78, 5) is 0. The molecule has 0 saturated heterocycles. The van der Waals surface area contributed by atoms with Crippen molar-refractivity contribution in [2.75, 3.05) is 19.8 Å². The van der Waals surface area contributed by atoms with E-state index in [0.29, 0.717) is 12.0 Å². The third-order valence-electron chi connectivity index (χ3n) is 3.91. The highest BCUT2D eigenvalue weighted by atomic mass is 16.5. The summed E-state index contributed by atoms with van der Waals surface area (Å²) in [6, 6.07) is 7.01. The summed E-state index contributed by atoms with van der Waals surface area (Å²) in [5.74, 6) is 0.654. The van der Waals surface area contributed by atoms with Gasteiger partial charge in [-0.15, -0.1) is 0 Å². The zero-order valence-corrected chi connectivity index (χ0v) is 14.5. The molecule has 2 nitrogen and oxygen atoms in total. The fourth-order valence-electron chi connectivity index (χ4n) is 2.76. The van der Waals surface area contributed by atoms with Crippen molar-refractivity contribution < 1.29 is 4.74 Å². The number of rotatable bonds is 10. The maximum absolute atomic E-state index is 5.98. The van der Waals surface area contributed by atoms with Gasteiger partial charge in [-0.25, -0.2) is 0 Å². The lowest BCUT2D eigenvalue weighted by molar-refractivity contribution is 0.0831. The Morgan fingerprint density at radius 1 is 1.10 bits per heavy atom. The van der Waals surface area contributed by atoms with E-state index >= 15 is 0 Å². The molecule has 0 spiro atoms. The SMILES string of the molecule is CCCNC(COCC(C)CCC)c1ccc(C)cc1C. The Kier molecular flexibility index (Phi) is 8.63. The van der Waals surface area contributed by atoms with Crippen LogP contribution >= 0.6 is 0 Å². The van der Waals surface area contributed by atoms with Crippen LogP contribution in [0.3, 0.4) is 0 Å². The lowest BCUT2D eigenvalue weighted by Crippen LogP contribution is -2.27. The molecule has 0 aromatic heterocycles. The highest BCUT2D eigenvalue weighted by Crippen LogP contribution is 2.20. The molecule has 0 fully saturated rings. The van der Waals surface area contributed by atoms with Crippen LogP contribution in [0.4, 0.5) is 0 Å². The van der Waals surface area contributed by atoms with Crippen LogP contribution in [0.1, 0.15) is 62.8 Å². The van der Waals surface area contributed by atoms with E-state index in [0.717, 1.165) is 26.2 Å². The number of benzene rings is 1. The van der Waals surface area contributed by atoms with Crippen LogP contribution in [0, 0.1) is 19.8 Å². The molecule has 2 heteroatoms. The Morgan fingerprint density at radius 3 is 2.48 bits per heavy atom. The molecule has 120 valence electrons. The topological polar surface area (TPSA) is 21.3 Å². The van der Waals surface area contributed by atoms with Crippen LogP contribution in [0.25, 0.3) is 0 Å². The van der Waals surface area contributed by atoms with Crippen molar-refractivity contribution in [2.24, 2.45) is 5.92 Å². The lowest BCUT2D eigenvalue weighted by atomic mass is 9.99. The quantitative estimate of drug-likeness (QED) is 0.669. The molecule has 2 atom stereocenters. The summed E-state index contributed by atoms with van der Waals surface area (Å²) < 4.78 is 5.98. The van der Waals surface area contributed by atoms with Crippen LogP contribution in [-0.4, -0.2) is 19.8 Å². The zero-order chi connectivity index (χ0) is 15.7. The largest absolute Gasteiger partial charge is 0.379 e. The number of ether oxygens (including phenoxy) is 1. The molecule has 1 aromatic carbocycles. The lowest BCUT2D eigenvalue weighted by Gasteiger charge is -2.22. The maximum atomic E-state index is 5.98. The molecule has 0 saturated carbocycles. The monoisotopic (exact) mass is 291 g/mol. The van der Waals surface area contributed by atoms with E-state index in [4.69, 9.17) is 4.74 Å². The summed E-state index contributed by atoms with van der Waals surface area (Å²) >= 11 is 0. The van der Waals surface area contributed by atoms with E-state index < -0.39 is 0 Å². The summed E-state index contributed by atoms with van der Waals surface area (Å²) in [6.07, 6.45) is 3.63. The van der Waals surface area contributed by atoms with Gasteiger partial charge >= 0.3 is 0 Å². The van der Waals surface area contributed by atoms with Crippen molar-refractivity contribution in [3.63, 3.8) is 0 Å². The van der Waals surface area contributed by atoms with E-state index in [-0.39, 0.29) is 0 Å². The van der Waals surface area contributed by atoms with E-state index in [9.17, 15) is 0 Å². The summed E-state index contributed by atoms with van der Waals surface area (Å²) in [7, 11) is 0. The standard InChI is InChI=1S/C19H33NO/c1-6-8-16(4)13-21-14-19(20-11-7-2)18-10-9-15(3)12-17(18)5/h9-10,12,16,19-20H,6-8,11,13-14H2,1-5H3. The smallest absolute Gasteiger partial charge is 0.0661 e. The van der Waals surface area contributed by atoms with Crippen molar-refractivity contribution in [2.45, 2.75) is 59.9 Å². The normalized spacial score (nSPS) is 14.1. The average Bonchev–Trinajstić information content (AvgIpc) is 2.43. The zero-order valence-electron chi connectivity index (χ0n) is 14.5. The Labute approximate surface area is 131 Å². The van der Waals surface area contributed by atoms with Crippen molar-refractivity contribution in [3.05, 3.63) is 34.9 Å². The molecule has 0 aliphatic carbocycles. The van der Waals surface area contributed by atoms with Gasteiger partial charge < -0.3 is 10.1 Å². The predicted molar refractivity (Wildman–Crippen MR) is 91.8 cm³/mol. The second-order valence-corrected chi connectivity index (χ2v) is 6.30. The average molecular weight is 291 g/mol. The molecule has 2 unspecified atom stereocenters. The van der Waals surface area contributed by atoms with E-state index in [1.807, 2.05) is 0 Å². The van der Waals surface area contributed by atoms with Gasteiger partial charge in [0.05, 0.1) is 12.6 Å². The van der Waals surface area contributed by atoms with Gasteiger partial charge in [-0.2, -0.15) is 0 Å². The second kappa shape index (κ2) is 9.97. The van der Waals surface area contributed by atoms with Crippen molar-refractivity contribution in [3.8, 4) is 0 Å². The van der Waals surface area contributed by atoms with E-state index in [2.05, 4.69) is 58.1 Å². The third-order valence-corrected chi connectivity index (χ3v) is 3.91. The first kappa shape index (κ1) is 18.2. The molecule has 0 aliphatic rings. The number of aryl methyl sites for hydroxylation is 2. The molecule has 0 radical (unpaired) electrons. The van der Waals surface area contributed by atoms with Gasteiger partial charge in [0.1, 0.15) is 0 Å². The molecular formula is C19H33NO. The summed E-state index contributed by atoms with van der Waals surface area (Å²) in [6.45, 7) is 13.7. The number of hydrogen-bond acceptors (Lipinski definition) is 2. The van der Waals surface area contributed by atoms with Crippen molar-refractivity contribution >= 4 is 0 Å². The van der Waals surface area contributed by atoms with Crippen LogP contribution in [-0.2, 0) is 4.74 Å². The molecule has 1 rings (SSSR count). The van der Waals surface area contributed by atoms with Crippen molar-refractivity contribution in [1.82, 2.24) is 5.32 Å². The third kappa shape index (κ3) is 6.62. The first-order valence-corrected chi connectivity index (χ1v) is 8.46. The van der Waals surface area contributed by atoms with E-state index in [1.54, 1.807) is 0 Å². The summed E-state index contributed by atoms with van der Waals surface area (Å²) in [5.41, 5.74) is 4.05. The van der Waals surface area contributed by atoms with E-state index in [1.165, 1.54) is 29.5 Å². The van der Waals surface area contributed by atoms with Crippen LogP contribution in [0.2, 0.25) is 0 Å². The van der Waals surface area contributed by atoms with Gasteiger partial charge in [0, 0.05) is 6.61 Å². The highest BCUT2D eigenvalue weighted by Gasteiger charge is 2.14. The van der Waals surface area contributed by atoms with Gasteiger partial charge in [0.25, 0.3) is 0 Å². The van der Waals surface area contributed by atoms with Crippen molar-refractivity contribution in [1.29, 1.82) is 0 Å². The minimum absolute atomic E-state index is 0.305. The maximum Gasteiger partial charge on any atom is 0.0661 e. The van der Waals surface area contributed by atoms with Gasteiger partial charge in [0.2, 0.25) is 0 Å². The minimum atomic E-state index is 0.305. The van der Waals surface area contributed by atoms with Gasteiger partial charge in [-0.1, -0.05) is 51.0 Å². The molecule has 0 amide bonds. The summed E-state index contributed by atoms with van der Waals surface area (Å²) in [5, 5.41) is 3.63. The molecule has 1 N–H and O–H groups in total. The Morgan fingerprint density at radius 2 is 1.86 bits per heavy atom. The van der Waals surface area contributed by atoms with Crippen LogP contribution in [0.15, 0.2) is 18.2 Å². The molecule has 1 aromatic rings. The fourth-order valence-corrected chi connectivity index (χ4v) is 2.76.